The molecule has 3 unspecified atom stereocenters. The van der Waals surface area contributed by atoms with Crippen LogP contribution in [0.4, 0.5) is 0 Å². The molecule has 10 heteroatoms. The first-order valence-electron chi connectivity index (χ1n) is 10.2. The number of likely N-dealkylation sites (tertiary alicyclic amines) is 1. The van der Waals surface area contributed by atoms with E-state index >= 15 is 0 Å². The van der Waals surface area contributed by atoms with Crippen LogP contribution in [-0.4, -0.2) is 79.2 Å². The molecule has 0 saturated carbocycles. The fraction of sp³-hybridized carbons (Fsp3) is 0.650. The van der Waals surface area contributed by atoms with Crippen LogP contribution in [0.5, 0.6) is 0 Å². The lowest BCUT2D eigenvalue weighted by Crippen LogP contribution is -2.66. The number of aliphatic carboxylic acids is 1. The van der Waals surface area contributed by atoms with Gasteiger partial charge in [0.1, 0.15) is 11.9 Å². The highest BCUT2D eigenvalue weighted by Crippen LogP contribution is 2.54. The zero-order valence-electron chi connectivity index (χ0n) is 17.2. The van der Waals surface area contributed by atoms with E-state index in [2.05, 4.69) is 15.3 Å². The van der Waals surface area contributed by atoms with E-state index in [1.807, 2.05) is 13.1 Å². The number of hydrogen-bond donors (Lipinski definition) is 4. The molecule has 4 N–H and O–H groups in total. The van der Waals surface area contributed by atoms with Gasteiger partial charge in [0.05, 0.1) is 28.1 Å². The molecule has 8 nitrogen and oxygen atoms in total. The van der Waals surface area contributed by atoms with Gasteiger partial charge in [-0.25, -0.2) is 4.79 Å². The number of carboxylic acids is 1. The second-order valence-electron chi connectivity index (χ2n) is 8.40. The highest BCUT2D eigenvalue weighted by atomic mass is 32.2. The van der Waals surface area contributed by atoms with Gasteiger partial charge in [0.15, 0.2) is 0 Å². The van der Waals surface area contributed by atoms with Crippen LogP contribution in [0.1, 0.15) is 27.2 Å². The molecular weight excluding hydrogens is 424 g/mol. The molecule has 0 aromatic rings. The molecule has 0 bridgehead atoms. The van der Waals surface area contributed by atoms with Crippen LogP contribution in [0.25, 0.3) is 0 Å². The lowest BCUT2D eigenvalue weighted by Gasteiger charge is -2.53. The summed E-state index contributed by atoms with van der Waals surface area (Å²) >= 11 is 3.10. The average Bonchev–Trinajstić information content (AvgIpc) is 3.26. The number of rotatable bonds is 5. The Balaban J connectivity index is 1.45. The average molecular weight is 453 g/mol. The van der Waals surface area contributed by atoms with Gasteiger partial charge in [0.2, 0.25) is 0 Å². The van der Waals surface area contributed by atoms with Crippen molar-refractivity contribution in [1.29, 1.82) is 5.41 Å². The Kier molecular flexibility index (Phi) is 5.95. The highest BCUT2D eigenvalue weighted by molar-refractivity contribution is 8.21. The minimum absolute atomic E-state index is 0.0385. The molecule has 0 aliphatic carbocycles. The quantitative estimate of drug-likeness (QED) is 0.369. The van der Waals surface area contributed by atoms with E-state index in [1.54, 1.807) is 30.5 Å². The molecule has 2 saturated heterocycles. The molecule has 0 spiro atoms. The fourth-order valence-electron chi connectivity index (χ4n) is 4.93. The van der Waals surface area contributed by atoms with Crippen molar-refractivity contribution in [3.63, 3.8) is 0 Å². The summed E-state index contributed by atoms with van der Waals surface area (Å²) in [5.74, 6) is -0.568. The number of carboxylic acid groups (broad SMARTS) is 1. The molecule has 0 aromatic heterocycles. The lowest BCUT2D eigenvalue weighted by atomic mass is 9.78. The number of nitrogens with one attached hydrogen (secondary N) is 1. The van der Waals surface area contributed by atoms with Crippen molar-refractivity contribution in [1.82, 2.24) is 9.80 Å². The van der Waals surface area contributed by atoms with E-state index in [9.17, 15) is 20.1 Å². The molecular formula is C20H28N4O4S2. The number of fused-ring (bicyclic) bond motifs is 1. The van der Waals surface area contributed by atoms with Crippen molar-refractivity contribution >= 4 is 41.5 Å². The number of nitrogens with zero attached hydrogens (tertiary/aromatic N) is 3. The number of thioether (sulfide) groups is 2. The Labute approximate surface area is 184 Å². The van der Waals surface area contributed by atoms with Gasteiger partial charge in [-0.2, -0.15) is 0 Å². The van der Waals surface area contributed by atoms with Crippen molar-refractivity contribution < 1.29 is 20.1 Å². The predicted molar refractivity (Wildman–Crippen MR) is 119 cm³/mol. The third-order valence-corrected chi connectivity index (χ3v) is 9.08. The molecule has 4 aliphatic rings. The largest absolute Gasteiger partial charge is 0.477 e. The SMILES string of the molecule is CC(=N)N1CCC(C2=CSC(SC3=C(C(=O)O)N4C(O)[C@H]([C@@H](C)O)[C@H]4[C@H]3C)C=N2)C1. The first-order valence-corrected chi connectivity index (χ1v) is 12.0. The Bertz CT molecular complexity index is 843. The maximum atomic E-state index is 12.0. The van der Waals surface area contributed by atoms with Gasteiger partial charge in [-0.3, -0.25) is 10.4 Å². The summed E-state index contributed by atoms with van der Waals surface area (Å²) in [7, 11) is 0. The van der Waals surface area contributed by atoms with E-state index < -0.39 is 18.3 Å². The van der Waals surface area contributed by atoms with E-state index in [0.29, 0.717) is 11.8 Å². The zero-order chi connectivity index (χ0) is 21.7. The summed E-state index contributed by atoms with van der Waals surface area (Å²) in [5, 5.41) is 40.1. The van der Waals surface area contributed by atoms with Crippen LogP contribution in [0, 0.1) is 23.2 Å². The first-order chi connectivity index (χ1) is 14.2. The van der Waals surface area contributed by atoms with Gasteiger partial charge in [-0.1, -0.05) is 6.92 Å². The molecule has 4 heterocycles. The molecule has 4 aliphatic heterocycles. The van der Waals surface area contributed by atoms with E-state index in [0.717, 1.165) is 30.1 Å². The van der Waals surface area contributed by atoms with E-state index in [-0.39, 0.29) is 28.2 Å². The molecule has 0 radical (unpaired) electrons. The van der Waals surface area contributed by atoms with Gasteiger partial charge >= 0.3 is 5.97 Å². The standard InChI is InChI=1S/C20H28N4O4S2/c1-9-16-15(10(2)25)19(26)24(16)17(20(27)28)18(9)30-14-6-22-13(8-29-14)12-4-5-23(7-12)11(3)21/h6,8-10,12,14-16,19,21,25-26H,4-5,7H2,1-3H3,(H,27,28)/t9-,10-,12?,14?,15-,16-,19?/m1/s1. The summed E-state index contributed by atoms with van der Waals surface area (Å²) in [6.07, 6.45) is 1.19. The molecule has 0 amide bonds. The van der Waals surface area contributed by atoms with E-state index in [1.165, 1.54) is 11.8 Å². The minimum atomic E-state index is -1.04. The van der Waals surface area contributed by atoms with Crippen LogP contribution in [0.3, 0.4) is 0 Å². The third-order valence-electron chi connectivity index (χ3n) is 6.51. The number of aliphatic imine (C=N–C) groups is 1. The molecule has 30 heavy (non-hydrogen) atoms. The van der Waals surface area contributed by atoms with Gasteiger partial charge < -0.3 is 25.1 Å². The Morgan fingerprint density at radius 3 is 2.73 bits per heavy atom. The summed E-state index contributed by atoms with van der Waals surface area (Å²) in [6.45, 7) is 7.12. The van der Waals surface area contributed by atoms with Crippen molar-refractivity contribution in [2.24, 2.45) is 22.7 Å². The summed E-state index contributed by atoms with van der Waals surface area (Å²) in [4.78, 5) is 21.0. The van der Waals surface area contributed by atoms with Crippen molar-refractivity contribution in [2.45, 2.75) is 50.1 Å². The molecule has 7 atom stereocenters. The van der Waals surface area contributed by atoms with Gasteiger partial charge in [-0.15, -0.1) is 23.5 Å². The summed E-state index contributed by atoms with van der Waals surface area (Å²) < 4.78 is -0.0385. The second-order valence-corrected chi connectivity index (χ2v) is 10.9. The number of amidine groups is 1. The van der Waals surface area contributed by atoms with Gasteiger partial charge in [-0.05, 0) is 25.7 Å². The number of aliphatic hydroxyl groups is 2. The fourth-order valence-corrected chi connectivity index (χ4v) is 7.32. The van der Waals surface area contributed by atoms with Gasteiger partial charge in [0, 0.05) is 42.1 Å². The van der Waals surface area contributed by atoms with Gasteiger partial charge in [0.25, 0.3) is 0 Å². The zero-order valence-corrected chi connectivity index (χ0v) is 18.9. The van der Waals surface area contributed by atoms with Crippen LogP contribution in [0.2, 0.25) is 0 Å². The normalized spacial score (nSPS) is 36.5. The van der Waals surface area contributed by atoms with Crippen molar-refractivity contribution in [2.75, 3.05) is 13.1 Å². The van der Waals surface area contributed by atoms with Crippen LogP contribution in [0.15, 0.2) is 26.7 Å². The Morgan fingerprint density at radius 1 is 1.47 bits per heavy atom. The predicted octanol–water partition coefficient (Wildman–Crippen LogP) is 1.97. The van der Waals surface area contributed by atoms with E-state index in [4.69, 9.17) is 5.41 Å². The maximum Gasteiger partial charge on any atom is 0.353 e. The lowest BCUT2D eigenvalue weighted by molar-refractivity contribution is -0.192. The minimum Gasteiger partial charge on any atom is -0.477 e. The van der Waals surface area contributed by atoms with Crippen LogP contribution < -0.4 is 0 Å². The summed E-state index contributed by atoms with van der Waals surface area (Å²) in [6, 6.07) is -0.195. The van der Waals surface area contributed by atoms with Crippen LogP contribution >= 0.6 is 23.5 Å². The molecule has 2 fully saturated rings. The van der Waals surface area contributed by atoms with Crippen molar-refractivity contribution in [3.05, 3.63) is 21.7 Å². The van der Waals surface area contributed by atoms with Crippen LogP contribution in [-0.2, 0) is 4.79 Å². The molecule has 164 valence electrons. The highest BCUT2D eigenvalue weighted by Gasteiger charge is 2.59. The second kappa shape index (κ2) is 8.22. The smallest absolute Gasteiger partial charge is 0.353 e. The monoisotopic (exact) mass is 452 g/mol. The first kappa shape index (κ1) is 21.7. The molecule has 0 aromatic carbocycles. The van der Waals surface area contributed by atoms with Crippen molar-refractivity contribution in [3.8, 4) is 0 Å². The molecule has 4 rings (SSSR count). The maximum absolute atomic E-state index is 12.0. The topological polar surface area (TPSA) is 120 Å². The number of carbonyl (C=O) groups is 1. The third kappa shape index (κ3) is 3.57. The number of hydrogen-bond acceptors (Lipinski definition) is 8. The Hall–Kier alpha value is -1.49. The Morgan fingerprint density at radius 2 is 2.20 bits per heavy atom. The number of aliphatic hydroxyl groups excluding tert-OH is 2. The summed E-state index contributed by atoms with van der Waals surface area (Å²) in [5.41, 5.74) is 1.18.